The zero-order valence-corrected chi connectivity index (χ0v) is 33.4. The van der Waals surface area contributed by atoms with Gasteiger partial charge in [0.2, 0.25) is 5.91 Å². The fourth-order valence-electron chi connectivity index (χ4n) is 8.14. The van der Waals surface area contributed by atoms with Gasteiger partial charge in [0.25, 0.3) is 17.6 Å². The van der Waals surface area contributed by atoms with Crippen LogP contribution in [0.3, 0.4) is 0 Å². The van der Waals surface area contributed by atoms with Gasteiger partial charge >= 0.3 is 24.2 Å². The number of aliphatic hydroxyl groups is 12. The summed E-state index contributed by atoms with van der Waals surface area (Å²) in [5.41, 5.74) is -10.8. The first-order valence-corrected chi connectivity index (χ1v) is 17.6. The number of halogens is 7. The van der Waals surface area contributed by atoms with E-state index < -0.39 is 123 Å². The van der Waals surface area contributed by atoms with Crippen molar-refractivity contribution in [2.45, 2.75) is 146 Å². The Morgan fingerprint density at radius 1 is 0.828 bits per heavy atom. The number of rotatable bonds is 11. The molecule has 2 aliphatic heterocycles. The molecule has 0 aromatic rings. The maximum absolute atomic E-state index is 14.6. The first kappa shape index (κ1) is 51.7. The van der Waals surface area contributed by atoms with Crippen LogP contribution in [0, 0.1) is 11.3 Å². The third-order valence-electron chi connectivity index (χ3n) is 11.2. The number of likely N-dealkylation sites (N-methyl/N-ethyl adjacent to an activating group) is 1. The highest BCUT2D eigenvalue weighted by Gasteiger charge is 2.83. The van der Waals surface area contributed by atoms with E-state index in [2.05, 4.69) is 0 Å². The van der Waals surface area contributed by atoms with Gasteiger partial charge in [-0.1, -0.05) is 38.8 Å². The van der Waals surface area contributed by atoms with Crippen molar-refractivity contribution in [2.24, 2.45) is 11.3 Å². The van der Waals surface area contributed by atoms with Gasteiger partial charge in [-0.15, -0.1) is 0 Å². The Bertz CT molecular complexity index is 1590. The normalized spacial score (nSPS) is 31.1. The summed E-state index contributed by atoms with van der Waals surface area (Å²) in [5, 5.41) is 138. The Kier molecular flexibility index (Phi) is 14.1. The monoisotopic (exact) mass is 860 g/mol. The van der Waals surface area contributed by atoms with Crippen LogP contribution in [0.2, 0.25) is 0 Å². The van der Waals surface area contributed by atoms with Gasteiger partial charge in [-0.3, -0.25) is 9.69 Å². The highest BCUT2D eigenvalue weighted by atomic mass is 19.4. The Labute approximate surface area is 329 Å². The van der Waals surface area contributed by atoms with Gasteiger partial charge in [-0.05, 0) is 65.2 Å². The number of carbonyl (C=O) groups is 1. The average Bonchev–Trinajstić information content (AvgIpc) is 2.98. The summed E-state index contributed by atoms with van der Waals surface area (Å²) in [7, 11) is 1.12. The number of nitrogens with zero attached hydrogens (tertiary/aromatic N) is 4. The van der Waals surface area contributed by atoms with Gasteiger partial charge in [-0.25, -0.2) is 14.2 Å². The minimum absolute atomic E-state index is 0.102. The predicted octanol–water partition coefficient (Wildman–Crippen LogP) is -0.512. The lowest BCUT2D eigenvalue weighted by atomic mass is 9.62. The van der Waals surface area contributed by atoms with Crippen molar-refractivity contribution < 1.29 is 96.8 Å². The standard InChI is InChI=1S/C34H55F7N4O13/c1-11-22(25(6,7)15-18(3)35)23-26(8,47)24(45-27(9,48)31(51,52)44(20(5)46)33(55,56)34(45,57)58)29(49,50)32(53,54)43(23)16-42(10)19(4)17(2)14-21(30(39,40)41)12-13-28(36,37)38/h12,14-15,19,22-24,47-58H,11,13,16H2,1-10H3. The van der Waals surface area contributed by atoms with Gasteiger partial charge in [0.05, 0.1) is 30.1 Å². The summed E-state index contributed by atoms with van der Waals surface area (Å²) >= 11 is 0. The molecule has 0 radical (unpaired) electrons. The molecule has 2 heterocycles. The number of piperazine rings is 1. The van der Waals surface area contributed by atoms with Crippen LogP contribution >= 0.6 is 0 Å². The fourth-order valence-corrected chi connectivity index (χ4v) is 8.14. The summed E-state index contributed by atoms with van der Waals surface area (Å²) in [6, 6.07) is -6.81. The Morgan fingerprint density at radius 2 is 1.31 bits per heavy atom. The van der Waals surface area contributed by atoms with E-state index >= 15 is 0 Å². The molecule has 12 N–H and O–H groups in total. The second-order valence-electron chi connectivity index (χ2n) is 16.1. The smallest absolute Gasteiger partial charge is 0.387 e. The van der Waals surface area contributed by atoms with Crippen LogP contribution in [-0.2, 0) is 4.79 Å². The Balaban J connectivity index is 3.05. The van der Waals surface area contributed by atoms with Crippen molar-refractivity contribution >= 4 is 5.91 Å². The van der Waals surface area contributed by atoms with Crippen LogP contribution in [0.4, 0.5) is 30.7 Å². The molecule has 17 nitrogen and oxygen atoms in total. The Morgan fingerprint density at radius 3 is 1.71 bits per heavy atom. The number of alkyl halides is 6. The maximum Gasteiger partial charge on any atom is 0.416 e. The van der Waals surface area contributed by atoms with Crippen LogP contribution < -0.4 is 0 Å². The first-order chi connectivity index (χ1) is 25.5. The van der Waals surface area contributed by atoms with Crippen molar-refractivity contribution in [2.75, 3.05) is 13.7 Å². The molecule has 2 fully saturated rings. The van der Waals surface area contributed by atoms with E-state index in [0.717, 1.165) is 31.9 Å². The van der Waals surface area contributed by atoms with Crippen molar-refractivity contribution in [1.82, 2.24) is 19.6 Å². The lowest BCUT2D eigenvalue weighted by Crippen LogP contribution is -2.97. The summed E-state index contributed by atoms with van der Waals surface area (Å²) in [5.74, 6) is -26.7. The molecule has 0 aromatic carbocycles. The average molecular weight is 861 g/mol. The van der Waals surface area contributed by atoms with Crippen LogP contribution in [0.15, 0.2) is 35.2 Å². The molecular formula is C34H55F7N4O13. The first-order valence-electron chi connectivity index (χ1n) is 17.6. The molecule has 1 amide bonds. The fraction of sp³-hybridized carbons (Fsp3) is 0.794. The van der Waals surface area contributed by atoms with E-state index in [0.29, 0.717) is 24.8 Å². The van der Waals surface area contributed by atoms with Gasteiger partial charge < -0.3 is 61.3 Å². The molecule has 0 bridgehead atoms. The van der Waals surface area contributed by atoms with Crippen molar-refractivity contribution in [3.8, 4) is 0 Å². The molecule has 6 unspecified atom stereocenters. The molecule has 2 saturated heterocycles. The molecule has 2 aliphatic rings. The summed E-state index contributed by atoms with van der Waals surface area (Å²) in [6.07, 6.45) is -11.2. The minimum Gasteiger partial charge on any atom is -0.387 e. The van der Waals surface area contributed by atoms with E-state index in [-0.39, 0.29) is 25.0 Å². The Hall–Kier alpha value is -2.40. The van der Waals surface area contributed by atoms with Crippen molar-refractivity contribution in [3.05, 3.63) is 35.2 Å². The molecule has 24 heteroatoms. The third-order valence-corrected chi connectivity index (χ3v) is 11.2. The summed E-state index contributed by atoms with van der Waals surface area (Å²) in [4.78, 5) is 12.2. The van der Waals surface area contributed by atoms with Crippen LogP contribution in [0.5, 0.6) is 0 Å². The summed E-state index contributed by atoms with van der Waals surface area (Å²) in [6.45, 7) is 7.72. The largest absolute Gasteiger partial charge is 0.416 e. The summed E-state index contributed by atoms with van der Waals surface area (Å²) < 4.78 is 94.4. The van der Waals surface area contributed by atoms with Crippen molar-refractivity contribution in [1.29, 1.82) is 0 Å². The van der Waals surface area contributed by atoms with Crippen LogP contribution in [-0.4, -0.2) is 172 Å². The molecule has 6 atom stereocenters. The van der Waals surface area contributed by atoms with E-state index in [1.807, 2.05) is 0 Å². The lowest BCUT2D eigenvalue weighted by molar-refractivity contribution is -0.589. The zero-order valence-electron chi connectivity index (χ0n) is 33.4. The van der Waals surface area contributed by atoms with Crippen LogP contribution in [0.1, 0.15) is 75.2 Å². The van der Waals surface area contributed by atoms with Crippen LogP contribution in [0.25, 0.3) is 0 Å². The highest BCUT2D eigenvalue weighted by Crippen LogP contribution is 2.56. The second kappa shape index (κ2) is 15.8. The molecule has 0 saturated carbocycles. The van der Waals surface area contributed by atoms with E-state index in [1.165, 1.54) is 27.7 Å². The number of likely N-dealkylation sites (tertiary alicyclic amines) is 1. The molecule has 2 rings (SSSR count). The third kappa shape index (κ3) is 8.83. The molecule has 338 valence electrons. The number of allylic oxidation sites excluding steroid dienone is 5. The molecular weight excluding hydrogens is 805 g/mol. The van der Waals surface area contributed by atoms with Crippen molar-refractivity contribution in [3.63, 3.8) is 0 Å². The van der Waals surface area contributed by atoms with Gasteiger partial charge in [0.1, 0.15) is 6.04 Å². The number of hydrogen-bond acceptors (Lipinski definition) is 16. The molecule has 0 aliphatic carbocycles. The van der Waals surface area contributed by atoms with Gasteiger partial charge in [0, 0.05) is 19.0 Å². The zero-order chi connectivity index (χ0) is 46.2. The number of piperidine rings is 1. The minimum atomic E-state index is -5.27. The number of amides is 1. The molecule has 0 aromatic heterocycles. The van der Waals surface area contributed by atoms with E-state index in [1.54, 1.807) is 0 Å². The highest BCUT2D eigenvalue weighted by molar-refractivity contribution is 5.75. The number of hydrogen-bond donors (Lipinski definition) is 12. The maximum atomic E-state index is 14.6. The van der Waals surface area contributed by atoms with E-state index in [4.69, 9.17) is 0 Å². The SMILES string of the molecule is CCC(C1N(CN(C)C(C)C(C)=CC(=CCC(F)(F)F)C(F)(F)F)C(O)(O)C(O)(O)C(N2C(C)(O)C(O)(O)N(C(C)=O)C(O)(O)C2(O)O)C1(C)O)C(C)(C)C=C(C)F. The van der Waals surface area contributed by atoms with E-state index in [9.17, 15) is 96.8 Å². The molecule has 0 spiro atoms. The number of carbonyl (C=O) groups excluding carboxylic acids is 1. The topological polar surface area (TPSA) is 273 Å². The molecule has 58 heavy (non-hydrogen) atoms. The van der Waals surface area contributed by atoms with Gasteiger partial charge in [0.15, 0.2) is 5.72 Å². The predicted molar refractivity (Wildman–Crippen MR) is 184 cm³/mol. The quantitative estimate of drug-likeness (QED) is 0.0709. The second-order valence-corrected chi connectivity index (χ2v) is 16.1. The lowest BCUT2D eigenvalue weighted by Gasteiger charge is -2.70. The van der Waals surface area contributed by atoms with Gasteiger partial charge in [-0.2, -0.15) is 31.2 Å².